The maximum atomic E-state index is 14.7. The van der Waals surface area contributed by atoms with Crippen LogP contribution in [0.5, 0.6) is 5.75 Å². The lowest BCUT2D eigenvalue weighted by Crippen LogP contribution is -2.67. The molecule has 1 saturated heterocycles. The molecule has 1 saturated carbocycles. The number of aromatic hydroxyl groups is 1. The van der Waals surface area contributed by atoms with Crippen molar-refractivity contribution in [3.05, 3.63) is 89.2 Å². The van der Waals surface area contributed by atoms with Crippen molar-refractivity contribution in [2.24, 2.45) is 5.92 Å². The number of phenolic OH excluding ortho intramolecular Hbond substituents is 1. The van der Waals surface area contributed by atoms with Crippen LogP contribution in [0.4, 0.5) is 10.1 Å². The molecule has 10 heteroatoms. The van der Waals surface area contributed by atoms with Crippen LogP contribution in [0, 0.1) is 11.7 Å². The maximum Gasteiger partial charge on any atom is 0.339 e. The van der Waals surface area contributed by atoms with Crippen LogP contribution in [-0.2, 0) is 26.8 Å². The van der Waals surface area contributed by atoms with Crippen molar-refractivity contribution < 1.29 is 27.5 Å². The Balaban J connectivity index is 1.51. The molecule has 8 nitrogen and oxygen atoms in total. The number of halogens is 1. The van der Waals surface area contributed by atoms with E-state index in [0.29, 0.717) is 48.3 Å². The molecule has 2 amide bonds. The molecule has 3 aromatic carbocycles. The van der Waals surface area contributed by atoms with Crippen LogP contribution in [0.3, 0.4) is 0 Å². The summed E-state index contributed by atoms with van der Waals surface area (Å²) in [5.41, 5.74) is 1.37. The van der Waals surface area contributed by atoms with Crippen LogP contribution in [0.15, 0.2) is 71.6 Å². The Morgan fingerprint density at radius 2 is 1.73 bits per heavy atom. The summed E-state index contributed by atoms with van der Waals surface area (Å²) in [4.78, 5) is 27.1. The van der Waals surface area contributed by atoms with Gasteiger partial charge in [0, 0.05) is 35.2 Å². The highest BCUT2D eigenvalue weighted by molar-refractivity contribution is 7.91. The van der Waals surface area contributed by atoms with Crippen molar-refractivity contribution in [2.75, 3.05) is 13.1 Å². The van der Waals surface area contributed by atoms with Crippen LogP contribution < -0.4 is 14.5 Å². The predicted molar refractivity (Wildman–Crippen MR) is 152 cm³/mol. The summed E-state index contributed by atoms with van der Waals surface area (Å²) in [7, 11) is -4.37. The lowest BCUT2D eigenvalue weighted by Gasteiger charge is -2.43. The van der Waals surface area contributed by atoms with E-state index in [1.54, 1.807) is 42.5 Å². The first-order valence-electron chi connectivity index (χ1n) is 13.9. The number of nitrogens with zero attached hydrogens (tertiary/aromatic N) is 1. The summed E-state index contributed by atoms with van der Waals surface area (Å²) in [5, 5.41) is 16.3. The number of hydrogen-bond donors (Lipinski definition) is 3. The Morgan fingerprint density at radius 3 is 2.37 bits per heavy atom. The number of phenols is 1. The minimum atomic E-state index is -4.37. The zero-order valence-electron chi connectivity index (χ0n) is 22.8. The molecule has 1 spiro atoms. The third kappa shape index (κ3) is 4.19. The van der Waals surface area contributed by atoms with E-state index in [9.17, 15) is 27.5 Å². The normalized spacial score (nSPS) is 23.2. The quantitative estimate of drug-likeness (QED) is 0.380. The summed E-state index contributed by atoms with van der Waals surface area (Å²) in [6.07, 6.45) is 2.87. The second-order valence-corrected chi connectivity index (χ2v) is 13.3. The van der Waals surface area contributed by atoms with Crippen molar-refractivity contribution in [2.45, 2.75) is 55.5 Å². The number of carbonyl (C=O) groups is 2. The number of piperidine rings is 1. The Hall–Kier alpha value is -3.60. The number of rotatable bonds is 6. The topological polar surface area (TPSA) is 113 Å². The molecule has 0 aromatic heterocycles. The van der Waals surface area contributed by atoms with Gasteiger partial charge in [-0.15, -0.1) is 3.89 Å². The lowest BCUT2D eigenvalue weighted by atomic mass is 9.68. The van der Waals surface area contributed by atoms with E-state index in [4.69, 9.17) is 0 Å². The molecule has 3 aliphatic rings. The second kappa shape index (κ2) is 10.0. The van der Waals surface area contributed by atoms with Crippen LogP contribution in [-0.4, -0.2) is 44.5 Å². The van der Waals surface area contributed by atoms with Crippen molar-refractivity contribution >= 4 is 27.5 Å². The number of benzene rings is 3. The molecule has 1 aliphatic carbocycles. The van der Waals surface area contributed by atoms with E-state index in [1.807, 2.05) is 0 Å². The molecule has 6 rings (SSSR count). The maximum absolute atomic E-state index is 14.7. The zero-order chi connectivity index (χ0) is 29.0. The van der Waals surface area contributed by atoms with Gasteiger partial charge < -0.3 is 15.7 Å². The third-order valence-electron chi connectivity index (χ3n) is 9.06. The number of quaternary nitrogens is 1. The minimum absolute atomic E-state index is 0.0120. The summed E-state index contributed by atoms with van der Waals surface area (Å²) in [6, 6.07) is 15.8. The van der Waals surface area contributed by atoms with Crippen molar-refractivity contribution in [3.63, 3.8) is 0 Å². The highest BCUT2D eigenvalue weighted by atomic mass is 32.2. The van der Waals surface area contributed by atoms with Crippen LogP contribution in [0.2, 0.25) is 0 Å². The predicted octanol–water partition coefficient (Wildman–Crippen LogP) is 4.12. The molecule has 0 bridgehead atoms. The van der Waals surface area contributed by atoms with Crippen LogP contribution in [0.1, 0.15) is 54.1 Å². The molecule has 3 aromatic rings. The van der Waals surface area contributed by atoms with Gasteiger partial charge in [-0.3, -0.25) is 4.79 Å². The average Bonchev–Trinajstić information content (AvgIpc) is 3.77. The Kier molecular flexibility index (Phi) is 6.75. The van der Waals surface area contributed by atoms with Gasteiger partial charge in [-0.2, -0.15) is 8.42 Å². The second-order valence-electron chi connectivity index (χ2n) is 11.3. The molecule has 2 heterocycles. The van der Waals surface area contributed by atoms with E-state index in [2.05, 4.69) is 10.6 Å². The standard InChI is InChI=1S/C31H32FN3O5S/c1-20(36)35(41(39,40)25-11-9-24(32)10-12-25)27-13-8-22(30(38)34-19-23-4-2-3-5-28(23)37)18-26(27)31(14-16-33-17-15-31)29(35)21-6-7-21/h2-5,8-13,18,21,29,33H,6-7,14-17,19H2,1H3,(H-,34,37,38)/p+1. The van der Waals surface area contributed by atoms with Gasteiger partial charge in [0.2, 0.25) is 0 Å². The molecule has 0 radical (unpaired) electrons. The first-order chi connectivity index (χ1) is 19.6. The van der Waals surface area contributed by atoms with Crippen molar-refractivity contribution in [1.82, 2.24) is 14.5 Å². The van der Waals surface area contributed by atoms with Gasteiger partial charge in [-0.1, -0.05) is 18.2 Å². The van der Waals surface area contributed by atoms with E-state index < -0.39 is 37.1 Å². The zero-order valence-corrected chi connectivity index (χ0v) is 23.6. The monoisotopic (exact) mass is 578 g/mol. The van der Waals surface area contributed by atoms with Gasteiger partial charge in [0.25, 0.3) is 5.91 Å². The molecule has 2 aliphatic heterocycles. The Labute approximate surface area is 238 Å². The number of amides is 2. The highest BCUT2D eigenvalue weighted by Crippen LogP contribution is 2.62. The molecular weight excluding hydrogens is 545 g/mol. The van der Waals surface area contributed by atoms with Gasteiger partial charge in [0.05, 0.1) is 12.3 Å². The molecule has 2 fully saturated rings. The fraction of sp³-hybridized carbons (Fsp3) is 0.355. The largest absolute Gasteiger partial charge is 0.508 e. The van der Waals surface area contributed by atoms with E-state index in [1.165, 1.54) is 19.1 Å². The Bertz CT molecular complexity index is 1630. The lowest BCUT2D eigenvalue weighted by molar-refractivity contribution is -0.126. The van der Waals surface area contributed by atoms with Gasteiger partial charge in [-0.25, -0.2) is 9.18 Å². The molecule has 2 unspecified atom stereocenters. The molecule has 41 heavy (non-hydrogen) atoms. The van der Waals surface area contributed by atoms with E-state index in [0.717, 1.165) is 25.0 Å². The molecular formula is C31H33FN3O5S+. The number of para-hydroxylation sites is 1. The number of fused-ring (bicyclic) bond motifs is 2. The molecule has 2 atom stereocenters. The van der Waals surface area contributed by atoms with Gasteiger partial charge in [-0.05, 0) is 81.2 Å². The highest BCUT2D eigenvalue weighted by Gasteiger charge is 2.73. The summed E-state index contributed by atoms with van der Waals surface area (Å²) >= 11 is 0. The molecule has 3 N–H and O–H groups in total. The minimum Gasteiger partial charge on any atom is -0.508 e. The summed E-state index contributed by atoms with van der Waals surface area (Å²) in [5.74, 6) is -1.35. The van der Waals surface area contributed by atoms with Gasteiger partial charge >= 0.3 is 15.9 Å². The van der Waals surface area contributed by atoms with Gasteiger partial charge in [0.1, 0.15) is 22.5 Å². The van der Waals surface area contributed by atoms with Crippen molar-refractivity contribution in [3.8, 4) is 5.75 Å². The summed E-state index contributed by atoms with van der Waals surface area (Å²) in [6.45, 7) is 2.75. The molecule has 214 valence electrons. The average molecular weight is 579 g/mol. The van der Waals surface area contributed by atoms with E-state index >= 15 is 0 Å². The number of hydrogen-bond acceptors (Lipinski definition) is 6. The first-order valence-corrected chi connectivity index (χ1v) is 15.4. The van der Waals surface area contributed by atoms with Crippen molar-refractivity contribution in [1.29, 1.82) is 0 Å². The fourth-order valence-electron chi connectivity index (χ4n) is 7.15. The third-order valence-corrected chi connectivity index (χ3v) is 11.4. The Morgan fingerprint density at radius 1 is 1.05 bits per heavy atom. The SMILES string of the molecule is CC(=O)[N+]1(S(=O)(=O)c2ccc(F)cc2)c2ccc(C(=O)NCc3ccccc3O)cc2C2(CCNCC2)C1C1CC1. The fourth-order valence-corrected chi connectivity index (χ4v) is 9.39. The smallest absolute Gasteiger partial charge is 0.339 e. The van der Waals surface area contributed by atoms with Gasteiger partial charge in [0.15, 0.2) is 5.69 Å². The number of sulfonamides is 1. The van der Waals surface area contributed by atoms with Crippen LogP contribution in [0.25, 0.3) is 0 Å². The van der Waals surface area contributed by atoms with Crippen LogP contribution >= 0.6 is 0 Å². The first kappa shape index (κ1) is 27.6. The number of carbonyl (C=O) groups excluding carboxylic acids is 2. The van der Waals surface area contributed by atoms with E-state index in [-0.39, 0.29) is 29.0 Å². The summed E-state index contributed by atoms with van der Waals surface area (Å²) < 4.78 is 42.3. The number of nitrogens with one attached hydrogen (secondary N) is 2.